The van der Waals surface area contributed by atoms with Crippen LogP contribution in [0.3, 0.4) is 0 Å². The molecule has 2 unspecified atom stereocenters. The molecule has 0 amide bonds. The van der Waals surface area contributed by atoms with Crippen LogP contribution in [0.15, 0.2) is 36.4 Å². The summed E-state index contributed by atoms with van der Waals surface area (Å²) < 4.78 is 12.1. The van der Waals surface area contributed by atoms with Crippen LogP contribution in [-0.2, 0) is 0 Å². The summed E-state index contributed by atoms with van der Waals surface area (Å²) >= 11 is 1.97. The largest absolute Gasteiger partial charge is 0.491 e. The Hall–Kier alpha value is -1.69. The summed E-state index contributed by atoms with van der Waals surface area (Å²) in [5, 5.41) is 7.11. The molecule has 0 heterocycles. The Bertz CT molecular complexity index is 691. The molecular weight excluding hydrogens is 404 g/mol. The fourth-order valence-corrected chi connectivity index (χ4v) is 4.17. The zero-order valence-electron chi connectivity index (χ0n) is 20.1. The van der Waals surface area contributed by atoms with E-state index in [-0.39, 0.29) is 0 Å². The molecule has 0 saturated heterocycles. The highest BCUT2D eigenvalue weighted by atomic mass is 32.2. The zero-order valence-corrected chi connectivity index (χ0v) is 20.9. The third-order valence-electron chi connectivity index (χ3n) is 5.25. The van der Waals surface area contributed by atoms with Crippen LogP contribution < -0.4 is 20.1 Å². The normalized spacial score (nSPS) is 13.1. The molecular formula is C26H40N2O2S. The van der Waals surface area contributed by atoms with E-state index in [2.05, 4.69) is 88.6 Å². The molecule has 0 bridgehead atoms. The molecule has 0 aliphatic heterocycles. The van der Waals surface area contributed by atoms with Gasteiger partial charge in [0.1, 0.15) is 24.7 Å². The number of ether oxygens (including phenoxy) is 2. The van der Waals surface area contributed by atoms with E-state index in [9.17, 15) is 0 Å². The van der Waals surface area contributed by atoms with Crippen LogP contribution in [0.2, 0.25) is 0 Å². The van der Waals surface area contributed by atoms with Gasteiger partial charge in [-0.1, -0.05) is 36.4 Å². The highest BCUT2D eigenvalue weighted by Crippen LogP contribution is 2.23. The van der Waals surface area contributed by atoms with Crippen molar-refractivity contribution < 1.29 is 9.47 Å². The number of rotatable bonds is 14. The monoisotopic (exact) mass is 444 g/mol. The lowest BCUT2D eigenvalue weighted by Gasteiger charge is -2.18. The quantitative estimate of drug-likeness (QED) is 0.398. The van der Waals surface area contributed by atoms with E-state index < -0.39 is 0 Å². The van der Waals surface area contributed by atoms with E-state index in [1.165, 1.54) is 22.3 Å². The van der Waals surface area contributed by atoms with Crippen LogP contribution >= 0.6 is 11.8 Å². The molecule has 2 rings (SSSR count). The van der Waals surface area contributed by atoms with Crippen molar-refractivity contribution >= 4 is 11.8 Å². The van der Waals surface area contributed by atoms with Gasteiger partial charge in [-0.15, -0.1) is 0 Å². The van der Waals surface area contributed by atoms with Crippen LogP contribution in [0.5, 0.6) is 11.5 Å². The van der Waals surface area contributed by atoms with Gasteiger partial charge in [-0.2, -0.15) is 11.8 Å². The second kappa shape index (κ2) is 13.7. The fraction of sp³-hybridized carbons (Fsp3) is 0.538. The van der Waals surface area contributed by atoms with Gasteiger partial charge in [-0.3, -0.25) is 0 Å². The standard InChI is InChI=1S/C26H40N2O2S/c1-19-9-7-10-20(2)25(19)29-17-23(5)27-13-15-31-16-14-28-24(6)18-30-26-21(3)11-8-12-22(26)4/h7-12,23-24,27-28H,13-18H2,1-6H3. The Labute approximate surface area is 193 Å². The van der Waals surface area contributed by atoms with Crippen molar-refractivity contribution in [3.63, 3.8) is 0 Å². The lowest BCUT2D eigenvalue weighted by molar-refractivity contribution is 0.272. The molecule has 5 heteroatoms. The Kier molecular flexibility index (Phi) is 11.3. The van der Waals surface area contributed by atoms with Crippen LogP contribution in [0, 0.1) is 27.7 Å². The van der Waals surface area contributed by atoms with Crippen molar-refractivity contribution in [2.24, 2.45) is 0 Å². The average Bonchev–Trinajstić information content (AvgIpc) is 2.72. The van der Waals surface area contributed by atoms with Gasteiger partial charge in [-0.25, -0.2) is 0 Å². The predicted octanol–water partition coefficient (Wildman–Crippen LogP) is 5.07. The molecule has 0 aliphatic carbocycles. The molecule has 0 spiro atoms. The molecule has 2 N–H and O–H groups in total. The zero-order chi connectivity index (χ0) is 22.6. The van der Waals surface area contributed by atoms with Gasteiger partial charge in [0.2, 0.25) is 0 Å². The third kappa shape index (κ3) is 9.14. The summed E-state index contributed by atoms with van der Waals surface area (Å²) in [4.78, 5) is 0. The molecule has 31 heavy (non-hydrogen) atoms. The Morgan fingerprint density at radius 3 is 1.39 bits per heavy atom. The second-order valence-corrected chi connectivity index (χ2v) is 9.61. The van der Waals surface area contributed by atoms with Gasteiger partial charge in [-0.05, 0) is 63.8 Å². The van der Waals surface area contributed by atoms with E-state index >= 15 is 0 Å². The molecule has 0 saturated carbocycles. The molecule has 4 nitrogen and oxygen atoms in total. The number of hydrogen-bond donors (Lipinski definition) is 2. The average molecular weight is 445 g/mol. The molecule has 2 atom stereocenters. The number of para-hydroxylation sites is 2. The first kappa shape index (κ1) is 25.6. The summed E-state index contributed by atoms with van der Waals surface area (Å²) in [6, 6.07) is 13.2. The van der Waals surface area contributed by atoms with Crippen molar-refractivity contribution in [3.8, 4) is 11.5 Å². The lowest BCUT2D eigenvalue weighted by Crippen LogP contribution is -2.34. The predicted molar refractivity (Wildman–Crippen MR) is 135 cm³/mol. The minimum atomic E-state index is 0.333. The summed E-state index contributed by atoms with van der Waals surface area (Å²) in [6.45, 7) is 16.1. The van der Waals surface area contributed by atoms with E-state index in [4.69, 9.17) is 9.47 Å². The first-order valence-corrected chi connectivity index (χ1v) is 12.5. The van der Waals surface area contributed by atoms with Crippen molar-refractivity contribution in [1.82, 2.24) is 10.6 Å². The van der Waals surface area contributed by atoms with Crippen molar-refractivity contribution in [3.05, 3.63) is 58.7 Å². The highest BCUT2D eigenvalue weighted by Gasteiger charge is 2.08. The van der Waals surface area contributed by atoms with E-state index in [0.29, 0.717) is 25.3 Å². The van der Waals surface area contributed by atoms with Gasteiger partial charge in [0.15, 0.2) is 0 Å². The lowest BCUT2D eigenvalue weighted by atomic mass is 10.1. The maximum atomic E-state index is 6.03. The van der Waals surface area contributed by atoms with Gasteiger partial charge in [0, 0.05) is 36.7 Å². The minimum absolute atomic E-state index is 0.333. The summed E-state index contributed by atoms with van der Waals surface area (Å²) in [5.74, 6) is 4.24. The number of aryl methyl sites for hydroxylation is 4. The van der Waals surface area contributed by atoms with Crippen LogP contribution in [-0.4, -0.2) is 49.9 Å². The summed E-state index contributed by atoms with van der Waals surface area (Å²) in [5.41, 5.74) is 4.79. The number of nitrogens with one attached hydrogen (secondary N) is 2. The molecule has 172 valence electrons. The summed E-state index contributed by atoms with van der Waals surface area (Å²) in [7, 11) is 0. The Balaban J connectivity index is 1.50. The van der Waals surface area contributed by atoms with Gasteiger partial charge < -0.3 is 20.1 Å². The second-order valence-electron chi connectivity index (χ2n) is 8.39. The van der Waals surface area contributed by atoms with Gasteiger partial charge >= 0.3 is 0 Å². The van der Waals surface area contributed by atoms with Crippen LogP contribution in [0.1, 0.15) is 36.1 Å². The molecule has 2 aromatic carbocycles. The van der Waals surface area contributed by atoms with Crippen molar-refractivity contribution in [2.75, 3.05) is 37.8 Å². The number of benzene rings is 2. The van der Waals surface area contributed by atoms with E-state index in [0.717, 1.165) is 36.1 Å². The molecule has 0 fully saturated rings. The first-order valence-electron chi connectivity index (χ1n) is 11.3. The smallest absolute Gasteiger partial charge is 0.125 e. The Morgan fingerprint density at radius 2 is 1.03 bits per heavy atom. The number of thioether (sulfide) groups is 1. The minimum Gasteiger partial charge on any atom is -0.491 e. The van der Waals surface area contributed by atoms with Crippen molar-refractivity contribution in [2.45, 2.75) is 53.6 Å². The first-order chi connectivity index (χ1) is 14.9. The fourth-order valence-electron chi connectivity index (χ4n) is 3.45. The number of hydrogen-bond acceptors (Lipinski definition) is 5. The van der Waals surface area contributed by atoms with Crippen molar-refractivity contribution in [1.29, 1.82) is 0 Å². The molecule has 0 radical (unpaired) electrons. The van der Waals surface area contributed by atoms with Gasteiger partial charge in [0.05, 0.1) is 0 Å². The van der Waals surface area contributed by atoms with E-state index in [1.54, 1.807) is 0 Å². The van der Waals surface area contributed by atoms with Gasteiger partial charge in [0.25, 0.3) is 0 Å². The van der Waals surface area contributed by atoms with Crippen LogP contribution in [0.25, 0.3) is 0 Å². The third-order valence-corrected chi connectivity index (χ3v) is 6.24. The SMILES string of the molecule is Cc1cccc(C)c1OCC(C)NCCSCCNC(C)COc1c(C)cccc1C. The topological polar surface area (TPSA) is 42.5 Å². The highest BCUT2D eigenvalue weighted by molar-refractivity contribution is 7.99. The Morgan fingerprint density at radius 1 is 0.677 bits per heavy atom. The van der Waals surface area contributed by atoms with Crippen LogP contribution in [0.4, 0.5) is 0 Å². The maximum absolute atomic E-state index is 6.03. The summed E-state index contributed by atoms with van der Waals surface area (Å²) in [6.07, 6.45) is 0. The molecule has 0 aliphatic rings. The molecule has 2 aromatic rings. The molecule has 0 aromatic heterocycles. The van der Waals surface area contributed by atoms with E-state index in [1.807, 2.05) is 11.8 Å². The maximum Gasteiger partial charge on any atom is 0.125 e.